The van der Waals surface area contributed by atoms with Gasteiger partial charge in [0.25, 0.3) is 10.1 Å². The highest BCUT2D eigenvalue weighted by atomic mass is 32.2. The third kappa shape index (κ3) is 37.3. The standard InChI is InChI=1S/C52H100O12S/c1-3-5-7-9-11-13-15-17-19-21-22-23-24-25-27-29-31-33-35-37-39-41-48(54)63-45(43-62-52-51(57)50(56)49(55)46(64-52)44-65(58,59)60)42-61-47(53)40-38-36-34-32-30-28-26-20-18-16-14-12-10-8-6-4-2/h45-46,49-52,55-57H,3-44H2,1-2H3,(H,58,59,60)/t45-,46-,49-,50?,51?,52+/m1/s1. The number of ether oxygens (including phenoxy) is 4. The summed E-state index contributed by atoms with van der Waals surface area (Å²) in [4.78, 5) is 25.5. The zero-order chi connectivity index (χ0) is 47.6. The molecule has 0 aliphatic carbocycles. The minimum Gasteiger partial charge on any atom is -0.462 e. The minimum atomic E-state index is -4.60. The molecule has 4 N–H and O–H groups in total. The summed E-state index contributed by atoms with van der Waals surface area (Å²) < 4.78 is 54.3. The van der Waals surface area contributed by atoms with Crippen LogP contribution in [-0.2, 0) is 38.7 Å². The predicted octanol–water partition coefficient (Wildman–Crippen LogP) is 12.4. The summed E-state index contributed by atoms with van der Waals surface area (Å²) in [7, 11) is -4.60. The van der Waals surface area contributed by atoms with Crippen molar-refractivity contribution in [3.63, 3.8) is 0 Å². The molecular formula is C52H100O12S. The Kier molecular flexibility index (Phi) is 40.5. The number of aliphatic hydroxyl groups is 3. The van der Waals surface area contributed by atoms with Crippen LogP contribution in [0.15, 0.2) is 0 Å². The second-order valence-corrected chi connectivity index (χ2v) is 20.8. The summed E-state index contributed by atoms with van der Waals surface area (Å²) in [6, 6.07) is 0. The highest BCUT2D eigenvalue weighted by molar-refractivity contribution is 7.85. The first-order valence-electron chi connectivity index (χ1n) is 27.1. The summed E-state index contributed by atoms with van der Waals surface area (Å²) in [5.74, 6) is -1.95. The van der Waals surface area contributed by atoms with E-state index in [1.54, 1.807) is 0 Å². The highest BCUT2D eigenvalue weighted by Crippen LogP contribution is 2.24. The number of hydrogen-bond donors (Lipinski definition) is 4. The van der Waals surface area contributed by atoms with Crippen LogP contribution in [0.3, 0.4) is 0 Å². The summed E-state index contributed by atoms with van der Waals surface area (Å²) in [5.41, 5.74) is 0. The van der Waals surface area contributed by atoms with Gasteiger partial charge in [-0.25, -0.2) is 0 Å². The quantitative estimate of drug-likeness (QED) is 0.0257. The number of aliphatic hydroxyl groups excluding tert-OH is 3. The van der Waals surface area contributed by atoms with Gasteiger partial charge in [-0.15, -0.1) is 0 Å². The highest BCUT2D eigenvalue weighted by Gasteiger charge is 2.46. The minimum absolute atomic E-state index is 0.173. The lowest BCUT2D eigenvalue weighted by molar-refractivity contribution is -0.297. The van der Waals surface area contributed by atoms with E-state index in [2.05, 4.69) is 13.8 Å². The van der Waals surface area contributed by atoms with Crippen molar-refractivity contribution in [3.05, 3.63) is 0 Å². The van der Waals surface area contributed by atoms with E-state index in [-0.39, 0.29) is 19.4 Å². The van der Waals surface area contributed by atoms with Gasteiger partial charge < -0.3 is 34.3 Å². The molecular weight excluding hydrogens is 849 g/mol. The Balaban J connectivity index is 2.32. The molecule has 1 aliphatic rings. The van der Waals surface area contributed by atoms with Gasteiger partial charge in [0.1, 0.15) is 36.8 Å². The van der Waals surface area contributed by atoms with E-state index in [9.17, 15) is 37.9 Å². The van der Waals surface area contributed by atoms with Crippen LogP contribution >= 0.6 is 0 Å². The van der Waals surface area contributed by atoms with Crippen molar-refractivity contribution in [2.24, 2.45) is 0 Å². The van der Waals surface area contributed by atoms with E-state index in [4.69, 9.17) is 18.9 Å². The van der Waals surface area contributed by atoms with Gasteiger partial charge >= 0.3 is 11.9 Å². The van der Waals surface area contributed by atoms with Crippen LogP contribution in [-0.4, -0.2) is 96.0 Å². The number of esters is 2. The van der Waals surface area contributed by atoms with Crippen LogP contribution in [0, 0.1) is 0 Å². The van der Waals surface area contributed by atoms with E-state index in [0.29, 0.717) is 12.8 Å². The molecule has 1 aliphatic heterocycles. The molecule has 0 aromatic heterocycles. The second kappa shape index (κ2) is 42.7. The number of carbonyl (C=O) groups is 2. The average Bonchev–Trinajstić information content (AvgIpc) is 3.27. The maximum absolute atomic E-state index is 12.9. The number of rotatable bonds is 47. The van der Waals surface area contributed by atoms with Crippen molar-refractivity contribution in [2.45, 2.75) is 301 Å². The topological polar surface area (TPSA) is 186 Å². The molecule has 1 saturated heterocycles. The smallest absolute Gasteiger partial charge is 0.306 e. The molecule has 0 saturated carbocycles. The van der Waals surface area contributed by atoms with Gasteiger partial charge in [-0.2, -0.15) is 8.42 Å². The fraction of sp³-hybridized carbons (Fsp3) is 0.962. The Bertz CT molecular complexity index is 1200. The van der Waals surface area contributed by atoms with Crippen molar-refractivity contribution >= 4 is 22.1 Å². The van der Waals surface area contributed by atoms with Crippen molar-refractivity contribution in [3.8, 4) is 0 Å². The number of hydrogen-bond acceptors (Lipinski definition) is 11. The second-order valence-electron chi connectivity index (χ2n) is 19.3. The normalized spacial score (nSPS) is 19.4. The molecule has 2 unspecified atom stereocenters. The maximum atomic E-state index is 12.9. The third-order valence-electron chi connectivity index (χ3n) is 12.9. The molecule has 65 heavy (non-hydrogen) atoms. The first-order valence-corrected chi connectivity index (χ1v) is 28.7. The monoisotopic (exact) mass is 949 g/mol. The zero-order valence-electron chi connectivity index (χ0n) is 41.6. The fourth-order valence-electron chi connectivity index (χ4n) is 8.74. The molecule has 13 heteroatoms. The van der Waals surface area contributed by atoms with Crippen LogP contribution in [0.25, 0.3) is 0 Å². The molecule has 386 valence electrons. The Labute approximate surface area is 397 Å². The molecule has 0 aromatic rings. The van der Waals surface area contributed by atoms with E-state index < -0.39 is 71.2 Å². The summed E-state index contributed by atoms with van der Waals surface area (Å²) in [6.45, 7) is 3.82. The van der Waals surface area contributed by atoms with Crippen LogP contribution in [0.5, 0.6) is 0 Å². The molecule has 0 spiro atoms. The number of unbranched alkanes of at least 4 members (excludes halogenated alkanes) is 35. The molecule has 1 fully saturated rings. The van der Waals surface area contributed by atoms with Gasteiger partial charge in [0.15, 0.2) is 12.4 Å². The molecule has 12 nitrogen and oxygen atoms in total. The average molecular weight is 949 g/mol. The Morgan fingerprint density at radius 1 is 0.462 bits per heavy atom. The van der Waals surface area contributed by atoms with Crippen LogP contribution in [0.1, 0.15) is 264 Å². The van der Waals surface area contributed by atoms with Crippen molar-refractivity contribution < 1.29 is 56.8 Å². The molecule has 0 bridgehead atoms. The third-order valence-corrected chi connectivity index (χ3v) is 13.7. The fourth-order valence-corrected chi connectivity index (χ4v) is 9.43. The van der Waals surface area contributed by atoms with Crippen molar-refractivity contribution in [1.82, 2.24) is 0 Å². The van der Waals surface area contributed by atoms with E-state index in [0.717, 1.165) is 38.5 Å². The predicted molar refractivity (Wildman–Crippen MR) is 261 cm³/mol. The van der Waals surface area contributed by atoms with Crippen LogP contribution in [0.2, 0.25) is 0 Å². The van der Waals surface area contributed by atoms with Gasteiger partial charge in [-0.3, -0.25) is 14.1 Å². The van der Waals surface area contributed by atoms with E-state index in [1.165, 1.54) is 186 Å². The maximum Gasteiger partial charge on any atom is 0.306 e. The lowest BCUT2D eigenvalue weighted by Crippen LogP contribution is -2.60. The molecule has 6 atom stereocenters. The summed E-state index contributed by atoms with van der Waals surface area (Å²) in [6.07, 6.45) is 37.1. The first-order chi connectivity index (χ1) is 31.5. The van der Waals surface area contributed by atoms with Crippen LogP contribution < -0.4 is 0 Å². The van der Waals surface area contributed by atoms with Crippen LogP contribution in [0.4, 0.5) is 0 Å². The molecule has 1 rings (SSSR count). The van der Waals surface area contributed by atoms with Crippen molar-refractivity contribution in [1.29, 1.82) is 0 Å². The van der Waals surface area contributed by atoms with Gasteiger partial charge in [0.05, 0.1) is 6.61 Å². The largest absolute Gasteiger partial charge is 0.462 e. The Morgan fingerprint density at radius 3 is 1.12 bits per heavy atom. The molecule has 0 amide bonds. The molecule has 0 radical (unpaired) electrons. The summed E-state index contributed by atoms with van der Waals surface area (Å²) >= 11 is 0. The lowest BCUT2D eigenvalue weighted by Gasteiger charge is -2.40. The van der Waals surface area contributed by atoms with Gasteiger partial charge in [-0.1, -0.05) is 239 Å². The number of carbonyl (C=O) groups excluding carboxylic acids is 2. The lowest BCUT2D eigenvalue weighted by atomic mass is 10.00. The first kappa shape index (κ1) is 61.7. The van der Waals surface area contributed by atoms with E-state index >= 15 is 0 Å². The van der Waals surface area contributed by atoms with Crippen molar-refractivity contribution in [2.75, 3.05) is 19.0 Å². The van der Waals surface area contributed by atoms with Gasteiger partial charge in [0.2, 0.25) is 0 Å². The molecule has 1 heterocycles. The molecule has 0 aromatic carbocycles. The SMILES string of the molecule is CCCCCCCCCCCCCCCCCCCCCCCC(=O)O[C@H](COC(=O)CCCCCCCCCCCCCCCCCC)CO[C@H]1O[C@H](CS(=O)(=O)O)[C@@H](O)C(O)C1O. The van der Waals surface area contributed by atoms with Gasteiger partial charge in [0, 0.05) is 12.8 Å². The Hall–Kier alpha value is -1.35. The van der Waals surface area contributed by atoms with Gasteiger partial charge in [-0.05, 0) is 12.8 Å². The zero-order valence-corrected chi connectivity index (χ0v) is 42.4. The summed E-state index contributed by atoms with van der Waals surface area (Å²) in [5, 5.41) is 31.0. The Morgan fingerprint density at radius 2 is 0.785 bits per heavy atom. The van der Waals surface area contributed by atoms with E-state index in [1.807, 2.05) is 0 Å².